The number of H-pyrrole nitrogens is 1. The van der Waals surface area contributed by atoms with Crippen molar-refractivity contribution in [3.63, 3.8) is 0 Å². The Bertz CT molecular complexity index is 1160. The molecular formula is C24H31N7O4. The Morgan fingerprint density at radius 2 is 2.20 bits per heavy atom. The molecule has 3 N–H and O–H groups in total. The summed E-state index contributed by atoms with van der Waals surface area (Å²) in [6.07, 6.45) is 4.51. The lowest BCUT2D eigenvalue weighted by atomic mass is 9.92. The summed E-state index contributed by atoms with van der Waals surface area (Å²) in [5, 5.41) is 20.7. The van der Waals surface area contributed by atoms with Gasteiger partial charge >= 0.3 is 6.01 Å². The Morgan fingerprint density at radius 3 is 2.97 bits per heavy atom. The van der Waals surface area contributed by atoms with Gasteiger partial charge in [-0.05, 0) is 38.3 Å². The van der Waals surface area contributed by atoms with Gasteiger partial charge in [0.1, 0.15) is 11.5 Å². The molecule has 2 aliphatic rings. The predicted molar refractivity (Wildman–Crippen MR) is 129 cm³/mol. The molecule has 0 aliphatic carbocycles. The molecule has 2 saturated heterocycles. The molecule has 2 fully saturated rings. The number of aliphatic hydroxyl groups excluding tert-OH is 1. The van der Waals surface area contributed by atoms with Crippen molar-refractivity contribution in [1.82, 2.24) is 30.5 Å². The Balaban J connectivity index is 1.32. The SMILES string of the molecule is C[C@H](CO)NC(=O)c1cc(N2CCC(c3[nH]nc4ncccc34)CC2)nc(OC[C@H]2CCOC2)n1. The second-order valence-corrected chi connectivity index (χ2v) is 9.26. The highest BCUT2D eigenvalue weighted by Gasteiger charge is 2.26. The van der Waals surface area contributed by atoms with Crippen molar-refractivity contribution >= 4 is 22.8 Å². The Labute approximate surface area is 203 Å². The summed E-state index contributed by atoms with van der Waals surface area (Å²) in [5.74, 6) is 0.932. The van der Waals surface area contributed by atoms with E-state index in [1.165, 1.54) is 0 Å². The number of nitrogens with zero attached hydrogens (tertiary/aromatic N) is 5. The van der Waals surface area contributed by atoms with Gasteiger partial charge in [-0.3, -0.25) is 9.89 Å². The summed E-state index contributed by atoms with van der Waals surface area (Å²) >= 11 is 0. The van der Waals surface area contributed by atoms with E-state index < -0.39 is 0 Å². The van der Waals surface area contributed by atoms with Gasteiger partial charge in [0, 0.05) is 60.9 Å². The van der Waals surface area contributed by atoms with E-state index in [2.05, 4.69) is 41.4 Å². The molecule has 2 atom stereocenters. The second-order valence-electron chi connectivity index (χ2n) is 9.26. The van der Waals surface area contributed by atoms with Gasteiger partial charge in [0.2, 0.25) is 0 Å². The first kappa shape index (κ1) is 23.4. The minimum atomic E-state index is -0.379. The van der Waals surface area contributed by atoms with Gasteiger partial charge < -0.3 is 24.8 Å². The number of anilines is 1. The largest absolute Gasteiger partial charge is 0.463 e. The van der Waals surface area contributed by atoms with Gasteiger partial charge in [0.25, 0.3) is 5.91 Å². The summed E-state index contributed by atoms with van der Waals surface area (Å²) in [7, 11) is 0. The smallest absolute Gasteiger partial charge is 0.319 e. The topological polar surface area (TPSA) is 138 Å². The van der Waals surface area contributed by atoms with E-state index in [0.717, 1.165) is 55.7 Å². The molecule has 0 saturated carbocycles. The van der Waals surface area contributed by atoms with Crippen molar-refractivity contribution in [3.8, 4) is 6.01 Å². The third kappa shape index (κ3) is 5.35. The summed E-state index contributed by atoms with van der Waals surface area (Å²) < 4.78 is 11.3. The number of rotatable bonds is 8. The minimum Gasteiger partial charge on any atom is -0.463 e. The molecule has 5 rings (SSSR count). The highest BCUT2D eigenvalue weighted by molar-refractivity contribution is 5.93. The molecule has 0 spiro atoms. The number of fused-ring (bicyclic) bond motifs is 1. The Kier molecular flexibility index (Phi) is 7.05. The van der Waals surface area contributed by atoms with E-state index in [4.69, 9.17) is 9.47 Å². The van der Waals surface area contributed by atoms with Crippen molar-refractivity contribution < 1.29 is 19.4 Å². The molecule has 186 valence electrons. The van der Waals surface area contributed by atoms with Crippen molar-refractivity contribution in [2.24, 2.45) is 5.92 Å². The molecule has 0 bridgehead atoms. The van der Waals surface area contributed by atoms with Crippen molar-refractivity contribution in [3.05, 3.63) is 35.8 Å². The number of carbonyl (C=O) groups is 1. The summed E-state index contributed by atoms with van der Waals surface area (Å²) in [6.45, 7) is 4.96. The molecule has 35 heavy (non-hydrogen) atoms. The summed E-state index contributed by atoms with van der Waals surface area (Å²) in [6, 6.07) is 5.48. The van der Waals surface area contributed by atoms with E-state index in [1.54, 1.807) is 19.2 Å². The fraction of sp³-hybridized carbons (Fsp3) is 0.542. The molecule has 0 aromatic carbocycles. The molecular weight excluding hydrogens is 450 g/mol. The lowest BCUT2D eigenvalue weighted by Gasteiger charge is -2.32. The number of amides is 1. The second kappa shape index (κ2) is 10.5. The highest BCUT2D eigenvalue weighted by atomic mass is 16.5. The molecule has 11 nitrogen and oxygen atoms in total. The molecule has 3 aromatic rings. The number of carbonyl (C=O) groups excluding carboxylic acids is 1. The lowest BCUT2D eigenvalue weighted by molar-refractivity contribution is 0.0915. The van der Waals surface area contributed by atoms with Crippen molar-refractivity contribution in [1.29, 1.82) is 0 Å². The third-order valence-corrected chi connectivity index (χ3v) is 6.63. The minimum absolute atomic E-state index is 0.153. The van der Waals surface area contributed by atoms with Gasteiger partial charge in [-0.25, -0.2) is 4.98 Å². The van der Waals surface area contributed by atoms with E-state index in [0.29, 0.717) is 30.9 Å². The van der Waals surface area contributed by atoms with E-state index >= 15 is 0 Å². The number of nitrogens with one attached hydrogen (secondary N) is 2. The van der Waals surface area contributed by atoms with Gasteiger partial charge in [-0.15, -0.1) is 0 Å². The van der Waals surface area contributed by atoms with Crippen LogP contribution in [0.15, 0.2) is 24.4 Å². The van der Waals surface area contributed by atoms with Crippen LogP contribution in [0.3, 0.4) is 0 Å². The normalized spacial score (nSPS) is 19.7. The number of aliphatic hydroxyl groups is 1. The maximum atomic E-state index is 12.8. The number of ether oxygens (including phenoxy) is 2. The van der Waals surface area contributed by atoms with Crippen LogP contribution in [0.4, 0.5) is 5.82 Å². The first-order valence-electron chi connectivity index (χ1n) is 12.2. The number of aromatic nitrogens is 5. The van der Waals surface area contributed by atoms with Gasteiger partial charge in [-0.2, -0.15) is 15.1 Å². The molecule has 0 unspecified atom stereocenters. The molecule has 11 heteroatoms. The number of hydrogen-bond donors (Lipinski definition) is 3. The molecule has 0 radical (unpaired) electrons. The van der Waals surface area contributed by atoms with Crippen LogP contribution < -0.4 is 15.0 Å². The van der Waals surface area contributed by atoms with Crippen molar-refractivity contribution in [2.75, 3.05) is 44.4 Å². The van der Waals surface area contributed by atoms with Crippen LogP contribution in [0.25, 0.3) is 11.0 Å². The number of aromatic amines is 1. The van der Waals surface area contributed by atoms with Crippen LogP contribution in [0.1, 0.15) is 48.3 Å². The summed E-state index contributed by atoms with van der Waals surface area (Å²) in [5.41, 5.74) is 2.08. The quantitative estimate of drug-likeness (QED) is 0.438. The molecule has 2 aliphatic heterocycles. The van der Waals surface area contributed by atoms with Crippen LogP contribution in [0.5, 0.6) is 6.01 Å². The number of hydrogen-bond acceptors (Lipinski definition) is 9. The van der Waals surface area contributed by atoms with Crippen molar-refractivity contribution in [2.45, 2.75) is 38.1 Å². The van der Waals surface area contributed by atoms with Gasteiger partial charge in [0.15, 0.2) is 5.65 Å². The fourth-order valence-electron chi connectivity index (χ4n) is 4.58. The Hall–Kier alpha value is -3.31. The van der Waals surface area contributed by atoms with Crippen LogP contribution in [0.2, 0.25) is 0 Å². The van der Waals surface area contributed by atoms with Gasteiger partial charge in [-0.1, -0.05) is 0 Å². The van der Waals surface area contributed by atoms with Crippen LogP contribution >= 0.6 is 0 Å². The molecule has 5 heterocycles. The van der Waals surface area contributed by atoms with Crippen LogP contribution in [-0.4, -0.2) is 81.7 Å². The number of pyridine rings is 1. The standard InChI is InChI=1S/C24H31N7O4/c1-15(12-32)26-23(33)19-11-20(28-24(27-19)35-14-16-6-10-34-13-16)31-8-4-17(5-9-31)21-18-3-2-7-25-22(18)30-29-21/h2-3,7,11,15-17,32H,4-6,8-10,12-14H2,1H3,(H,26,33)(H,25,29,30)/t15-,16+/m1/s1. The predicted octanol–water partition coefficient (Wildman–Crippen LogP) is 1.66. The van der Waals surface area contributed by atoms with E-state index in [-0.39, 0.29) is 30.3 Å². The molecule has 3 aromatic heterocycles. The average Bonchev–Trinajstić information content (AvgIpc) is 3.57. The van der Waals surface area contributed by atoms with Crippen LogP contribution in [0, 0.1) is 5.92 Å². The Morgan fingerprint density at radius 1 is 1.34 bits per heavy atom. The first-order chi connectivity index (χ1) is 17.1. The first-order valence-corrected chi connectivity index (χ1v) is 12.2. The monoisotopic (exact) mass is 481 g/mol. The fourth-order valence-corrected chi connectivity index (χ4v) is 4.58. The van der Waals surface area contributed by atoms with E-state index in [1.807, 2.05) is 6.07 Å². The number of piperidine rings is 1. The average molecular weight is 482 g/mol. The van der Waals surface area contributed by atoms with Gasteiger partial charge in [0.05, 0.1) is 19.8 Å². The maximum absolute atomic E-state index is 12.8. The van der Waals surface area contributed by atoms with Crippen LogP contribution in [-0.2, 0) is 4.74 Å². The lowest BCUT2D eigenvalue weighted by Crippen LogP contribution is -2.37. The molecule has 1 amide bonds. The van der Waals surface area contributed by atoms with E-state index in [9.17, 15) is 9.90 Å². The maximum Gasteiger partial charge on any atom is 0.319 e. The third-order valence-electron chi connectivity index (χ3n) is 6.63. The summed E-state index contributed by atoms with van der Waals surface area (Å²) in [4.78, 5) is 28.2. The zero-order chi connectivity index (χ0) is 24.2. The highest BCUT2D eigenvalue weighted by Crippen LogP contribution is 2.32. The zero-order valence-corrected chi connectivity index (χ0v) is 19.8. The zero-order valence-electron chi connectivity index (χ0n) is 19.8.